The van der Waals surface area contributed by atoms with Crippen LogP contribution in [0.3, 0.4) is 0 Å². The Kier molecular flexibility index (Phi) is 3.80. The third-order valence-electron chi connectivity index (χ3n) is 2.67. The molecule has 3 N–H and O–H groups in total. The summed E-state index contributed by atoms with van der Waals surface area (Å²) in [4.78, 5) is 0.0521. The molecule has 1 aromatic carbocycles. The van der Waals surface area contributed by atoms with Crippen LogP contribution in [0.25, 0.3) is 0 Å². The average Bonchev–Trinajstić information content (AvgIpc) is 2.76. The van der Waals surface area contributed by atoms with Gasteiger partial charge >= 0.3 is 0 Å². The van der Waals surface area contributed by atoms with Crippen LogP contribution in [-0.4, -0.2) is 14.8 Å². The third kappa shape index (κ3) is 2.90. The number of halogens is 1. The lowest BCUT2D eigenvalue weighted by molar-refractivity contribution is 0.540. The minimum atomic E-state index is -0.437. The van der Waals surface area contributed by atoms with Crippen molar-refractivity contribution < 1.29 is 4.39 Å². The first-order valence-corrected chi connectivity index (χ1v) is 6.29. The zero-order valence-electron chi connectivity index (χ0n) is 10.7. The van der Waals surface area contributed by atoms with E-state index in [1.54, 1.807) is 18.3 Å². The van der Waals surface area contributed by atoms with Gasteiger partial charge in [-0.3, -0.25) is 0 Å². The highest BCUT2D eigenvalue weighted by molar-refractivity contribution is 7.80. The molecule has 2 rings (SSSR count). The summed E-state index contributed by atoms with van der Waals surface area (Å²) in [6.07, 6.45) is 1.70. The van der Waals surface area contributed by atoms with E-state index in [1.165, 1.54) is 6.07 Å². The molecule has 2 aromatic rings. The standard InChI is InChI=1S/C13H15FN4S/c1-8(2)18-12(5-6-16-18)17-9-3-4-10(13(15)19)11(14)7-9/h3-8,17H,1-2H3,(H2,15,19). The van der Waals surface area contributed by atoms with Crippen molar-refractivity contribution >= 4 is 28.7 Å². The van der Waals surface area contributed by atoms with Gasteiger partial charge in [-0.15, -0.1) is 0 Å². The second kappa shape index (κ2) is 5.36. The van der Waals surface area contributed by atoms with E-state index >= 15 is 0 Å². The van der Waals surface area contributed by atoms with Gasteiger partial charge < -0.3 is 11.1 Å². The van der Waals surface area contributed by atoms with Gasteiger partial charge in [-0.25, -0.2) is 9.07 Å². The number of nitrogens with two attached hydrogens (primary N) is 1. The molecule has 6 heteroatoms. The molecule has 0 unspecified atom stereocenters. The predicted molar refractivity (Wildman–Crippen MR) is 78.2 cm³/mol. The van der Waals surface area contributed by atoms with E-state index in [2.05, 4.69) is 10.4 Å². The molecule has 0 aliphatic heterocycles. The molecule has 0 bridgehead atoms. The smallest absolute Gasteiger partial charge is 0.135 e. The van der Waals surface area contributed by atoms with Crippen LogP contribution >= 0.6 is 12.2 Å². The van der Waals surface area contributed by atoms with Gasteiger partial charge in [-0.1, -0.05) is 12.2 Å². The summed E-state index contributed by atoms with van der Waals surface area (Å²) in [7, 11) is 0. The molecule has 4 nitrogen and oxygen atoms in total. The molecular formula is C13H15FN4S. The summed E-state index contributed by atoms with van der Waals surface area (Å²) in [5, 5.41) is 7.32. The van der Waals surface area contributed by atoms with Crippen LogP contribution in [0.5, 0.6) is 0 Å². The Balaban J connectivity index is 2.27. The first kappa shape index (κ1) is 13.5. The van der Waals surface area contributed by atoms with Crippen LogP contribution in [-0.2, 0) is 0 Å². The zero-order chi connectivity index (χ0) is 14.0. The number of anilines is 2. The van der Waals surface area contributed by atoms with Gasteiger partial charge in [-0.05, 0) is 32.0 Å². The van der Waals surface area contributed by atoms with E-state index in [1.807, 2.05) is 24.6 Å². The molecular weight excluding hydrogens is 263 g/mol. The number of benzene rings is 1. The fourth-order valence-corrected chi connectivity index (χ4v) is 1.93. The minimum absolute atomic E-state index is 0.0521. The molecule has 100 valence electrons. The van der Waals surface area contributed by atoms with Crippen LogP contribution in [0.4, 0.5) is 15.9 Å². The highest BCUT2D eigenvalue weighted by Crippen LogP contribution is 2.21. The van der Waals surface area contributed by atoms with E-state index in [4.69, 9.17) is 18.0 Å². The van der Waals surface area contributed by atoms with Crippen molar-refractivity contribution in [1.82, 2.24) is 9.78 Å². The summed E-state index contributed by atoms with van der Waals surface area (Å²) >= 11 is 4.77. The van der Waals surface area contributed by atoms with Crippen LogP contribution in [0.1, 0.15) is 25.5 Å². The maximum absolute atomic E-state index is 13.8. The summed E-state index contributed by atoms with van der Waals surface area (Å²) in [5.41, 5.74) is 6.29. The Morgan fingerprint density at radius 1 is 1.42 bits per heavy atom. The molecule has 0 fully saturated rings. The highest BCUT2D eigenvalue weighted by atomic mass is 32.1. The first-order chi connectivity index (χ1) is 8.99. The second-order valence-electron chi connectivity index (χ2n) is 4.44. The van der Waals surface area contributed by atoms with E-state index in [-0.39, 0.29) is 16.6 Å². The van der Waals surface area contributed by atoms with Gasteiger partial charge in [-0.2, -0.15) is 5.10 Å². The van der Waals surface area contributed by atoms with Crippen LogP contribution in [0, 0.1) is 5.82 Å². The lowest BCUT2D eigenvalue weighted by atomic mass is 10.2. The van der Waals surface area contributed by atoms with Gasteiger partial charge in [0, 0.05) is 23.4 Å². The Morgan fingerprint density at radius 3 is 2.74 bits per heavy atom. The van der Waals surface area contributed by atoms with E-state index in [0.29, 0.717) is 5.69 Å². The largest absolute Gasteiger partial charge is 0.389 e. The molecule has 0 radical (unpaired) electrons. The Morgan fingerprint density at radius 2 is 2.16 bits per heavy atom. The maximum Gasteiger partial charge on any atom is 0.135 e. The number of hydrogen-bond donors (Lipinski definition) is 2. The van der Waals surface area contributed by atoms with Gasteiger partial charge in [0.05, 0.1) is 6.20 Å². The zero-order valence-corrected chi connectivity index (χ0v) is 11.5. The average molecular weight is 278 g/mol. The summed E-state index contributed by atoms with van der Waals surface area (Å²) in [6, 6.07) is 6.72. The van der Waals surface area contributed by atoms with Gasteiger partial charge in [0.15, 0.2) is 0 Å². The molecule has 1 aromatic heterocycles. The van der Waals surface area contributed by atoms with Gasteiger partial charge in [0.2, 0.25) is 0 Å². The SMILES string of the molecule is CC(C)n1nccc1Nc1ccc(C(N)=S)c(F)c1. The fraction of sp³-hybridized carbons (Fsp3) is 0.231. The van der Waals surface area contributed by atoms with Gasteiger partial charge in [0.25, 0.3) is 0 Å². The normalized spacial score (nSPS) is 10.7. The van der Waals surface area contributed by atoms with Crippen molar-refractivity contribution in [2.75, 3.05) is 5.32 Å². The molecule has 0 atom stereocenters. The van der Waals surface area contributed by atoms with Crippen molar-refractivity contribution in [3.05, 3.63) is 41.8 Å². The van der Waals surface area contributed by atoms with E-state index < -0.39 is 5.82 Å². The Bertz CT molecular complexity index is 606. The maximum atomic E-state index is 13.8. The summed E-state index contributed by atoms with van der Waals surface area (Å²) < 4.78 is 15.6. The predicted octanol–water partition coefficient (Wildman–Crippen LogP) is 2.98. The number of hydrogen-bond acceptors (Lipinski definition) is 3. The second-order valence-corrected chi connectivity index (χ2v) is 4.88. The fourth-order valence-electron chi connectivity index (χ4n) is 1.77. The quantitative estimate of drug-likeness (QED) is 0.844. The van der Waals surface area contributed by atoms with Crippen molar-refractivity contribution in [2.24, 2.45) is 5.73 Å². The molecule has 0 amide bonds. The Hall–Kier alpha value is -1.95. The lowest BCUT2D eigenvalue weighted by Gasteiger charge is -2.13. The molecule has 19 heavy (non-hydrogen) atoms. The third-order valence-corrected chi connectivity index (χ3v) is 2.89. The van der Waals surface area contributed by atoms with Crippen LogP contribution in [0.2, 0.25) is 0 Å². The molecule has 1 heterocycles. The summed E-state index contributed by atoms with van der Waals surface area (Å²) in [5.74, 6) is 0.366. The van der Waals surface area contributed by atoms with Crippen molar-refractivity contribution in [1.29, 1.82) is 0 Å². The number of rotatable bonds is 4. The molecule has 0 aliphatic rings. The highest BCUT2D eigenvalue weighted by Gasteiger charge is 2.09. The van der Waals surface area contributed by atoms with Crippen molar-refractivity contribution in [3.63, 3.8) is 0 Å². The number of aromatic nitrogens is 2. The van der Waals surface area contributed by atoms with Crippen molar-refractivity contribution in [2.45, 2.75) is 19.9 Å². The molecule has 0 saturated heterocycles. The van der Waals surface area contributed by atoms with E-state index in [0.717, 1.165) is 5.82 Å². The monoisotopic (exact) mass is 278 g/mol. The lowest BCUT2D eigenvalue weighted by Crippen LogP contribution is -2.12. The minimum Gasteiger partial charge on any atom is -0.389 e. The number of nitrogens with one attached hydrogen (secondary N) is 1. The molecule has 0 saturated carbocycles. The van der Waals surface area contributed by atoms with E-state index in [9.17, 15) is 4.39 Å². The summed E-state index contributed by atoms with van der Waals surface area (Å²) in [6.45, 7) is 4.05. The van der Waals surface area contributed by atoms with Crippen LogP contribution < -0.4 is 11.1 Å². The first-order valence-electron chi connectivity index (χ1n) is 5.89. The van der Waals surface area contributed by atoms with Crippen LogP contribution in [0.15, 0.2) is 30.5 Å². The number of thiocarbonyl (C=S) groups is 1. The molecule has 0 aliphatic carbocycles. The van der Waals surface area contributed by atoms with Crippen molar-refractivity contribution in [3.8, 4) is 0 Å². The topological polar surface area (TPSA) is 55.9 Å². The Labute approximate surface area is 116 Å². The molecule has 0 spiro atoms. The number of nitrogens with zero attached hydrogens (tertiary/aromatic N) is 2. The van der Waals surface area contributed by atoms with Gasteiger partial charge in [0.1, 0.15) is 16.6 Å².